The Morgan fingerprint density at radius 2 is 2.22 bits per heavy atom. The molecule has 0 aliphatic carbocycles. The van der Waals surface area contributed by atoms with Gasteiger partial charge in [-0.05, 0) is 33.6 Å². The molecule has 8 nitrogen and oxygen atoms in total. The number of rotatable bonds is 3. The van der Waals surface area contributed by atoms with Crippen LogP contribution in [0.1, 0.15) is 39.8 Å². The van der Waals surface area contributed by atoms with Gasteiger partial charge in [-0.15, -0.1) is 0 Å². The first-order valence-electron chi connectivity index (χ1n) is 7.59. The zero-order valence-corrected chi connectivity index (χ0v) is 13.4. The first kappa shape index (κ1) is 15.7. The number of esters is 1. The molecule has 0 radical (unpaired) electrons. The maximum Gasteiger partial charge on any atom is 0.311 e. The first-order valence-corrected chi connectivity index (χ1v) is 7.59. The zero-order chi connectivity index (χ0) is 16.6. The van der Waals surface area contributed by atoms with Gasteiger partial charge in [0, 0.05) is 0 Å². The van der Waals surface area contributed by atoms with E-state index >= 15 is 0 Å². The summed E-state index contributed by atoms with van der Waals surface area (Å²) >= 11 is 0. The maximum absolute atomic E-state index is 11.8. The molecule has 1 saturated heterocycles. The Labute approximate surface area is 132 Å². The smallest absolute Gasteiger partial charge is 0.311 e. The van der Waals surface area contributed by atoms with Gasteiger partial charge in [0.1, 0.15) is 12.8 Å². The summed E-state index contributed by atoms with van der Waals surface area (Å²) in [5.41, 5.74) is -0.0176. The second kappa shape index (κ2) is 5.77. The van der Waals surface area contributed by atoms with E-state index in [0.717, 1.165) is 12.8 Å². The lowest BCUT2D eigenvalue weighted by atomic mass is 9.97. The van der Waals surface area contributed by atoms with E-state index in [1.165, 1.54) is 6.33 Å². The van der Waals surface area contributed by atoms with E-state index in [9.17, 15) is 9.59 Å². The van der Waals surface area contributed by atoms with E-state index < -0.39 is 5.41 Å². The van der Waals surface area contributed by atoms with Gasteiger partial charge in [0.05, 0.1) is 24.2 Å². The van der Waals surface area contributed by atoms with Crippen LogP contribution in [0.3, 0.4) is 0 Å². The molecule has 2 unspecified atom stereocenters. The molecule has 2 aromatic heterocycles. The molecule has 1 N–H and O–H groups in total. The lowest BCUT2D eigenvalue weighted by molar-refractivity contribution is -0.157. The summed E-state index contributed by atoms with van der Waals surface area (Å²) in [6.07, 6.45) is 4.00. The topological polar surface area (TPSA) is 99.1 Å². The average Bonchev–Trinajstić information content (AvgIpc) is 3.10. The lowest BCUT2D eigenvalue weighted by Gasteiger charge is -2.19. The predicted molar refractivity (Wildman–Crippen MR) is 81.7 cm³/mol. The van der Waals surface area contributed by atoms with Crippen LogP contribution < -0.4 is 5.56 Å². The van der Waals surface area contributed by atoms with Gasteiger partial charge in [0.15, 0.2) is 11.2 Å². The van der Waals surface area contributed by atoms with E-state index in [1.54, 1.807) is 10.9 Å². The van der Waals surface area contributed by atoms with Crippen molar-refractivity contribution in [1.29, 1.82) is 0 Å². The van der Waals surface area contributed by atoms with Crippen LogP contribution in [0.25, 0.3) is 11.2 Å². The van der Waals surface area contributed by atoms with Crippen LogP contribution in [0.15, 0.2) is 17.4 Å². The van der Waals surface area contributed by atoms with Gasteiger partial charge in [-0.3, -0.25) is 14.2 Å². The van der Waals surface area contributed by atoms with Gasteiger partial charge < -0.3 is 14.5 Å². The molecule has 3 heterocycles. The van der Waals surface area contributed by atoms with E-state index in [1.807, 2.05) is 20.8 Å². The van der Waals surface area contributed by atoms with Crippen LogP contribution in [0.4, 0.5) is 0 Å². The summed E-state index contributed by atoms with van der Waals surface area (Å²) in [4.78, 5) is 34.2. The number of nitrogens with zero attached hydrogens (tertiary/aromatic N) is 3. The molecular weight excluding hydrogens is 300 g/mol. The third-order valence-electron chi connectivity index (χ3n) is 3.77. The van der Waals surface area contributed by atoms with Crippen LogP contribution in [-0.2, 0) is 14.3 Å². The van der Waals surface area contributed by atoms with E-state index in [-0.39, 0.29) is 30.5 Å². The molecule has 1 fully saturated rings. The minimum absolute atomic E-state index is 0.161. The summed E-state index contributed by atoms with van der Waals surface area (Å²) in [5.74, 6) is -0.245. The normalized spacial score (nSPS) is 21.7. The van der Waals surface area contributed by atoms with Crippen LogP contribution in [0.5, 0.6) is 0 Å². The molecule has 3 rings (SSSR count). The number of aromatic amines is 1. The third kappa shape index (κ3) is 3.12. The fraction of sp³-hybridized carbons (Fsp3) is 0.600. The number of fused-ring (bicyclic) bond motifs is 1. The first-order chi connectivity index (χ1) is 10.9. The zero-order valence-electron chi connectivity index (χ0n) is 13.4. The van der Waals surface area contributed by atoms with Crippen molar-refractivity contribution in [3.63, 3.8) is 0 Å². The van der Waals surface area contributed by atoms with Gasteiger partial charge >= 0.3 is 5.97 Å². The van der Waals surface area contributed by atoms with Crippen molar-refractivity contribution < 1.29 is 14.3 Å². The SMILES string of the molecule is CC(C)(C)C(=O)OCC1CCC(n2cnc3c(=O)[nH]cnc32)O1. The molecule has 1 aliphatic rings. The number of carbonyl (C=O) groups excluding carboxylic acids is 1. The molecular formula is C15H20N4O4. The Hall–Kier alpha value is -2.22. The van der Waals surface area contributed by atoms with Crippen molar-refractivity contribution >= 4 is 17.1 Å². The Bertz CT molecular complexity index is 774. The van der Waals surface area contributed by atoms with Crippen molar-refractivity contribution in [3.8, 4) is 0 Å². The van der Waals surface area contributed by atoms with Gasteiger partial charge in [0.25, 0.3) is 5.56 Å². The fourth-order valence-corrected chi connectivity index (χ4v) is 2.47. The average molecular weight is 320 g/mol. The number of imidazole rings is 1. The van der Waals surface area contributed by atoms with Gasteiger partial charge in [-0.2, -0.15) is 0 Å². The van der Waals surface area contributed by atoms with Crippen molar-refractivity contribution in [2.24, 2.45) is 5.41 Å². The molecule has 0 aromatic carbocycles. The quantitative estimate of drug-likeness (QED) is 0.858. The van der Waals surface area contributed by atoms with Crippen molar-refractivity contribution in [3.05, 3.63) is 23.0 Å². The highest BCUT2D eigenvalue weighted by Gasteiger charge is 2.30. The molecule has 2 aromatic rings. The lowest BCUT2D eigenvalue weighted by Crippen LogP contribution is -2.27. The summed E-state index contributed by atoms with van der Waals surface area (Å²) in [6, 6.07) is 0. The molecule has 0 saturated carbocycles. The van der Waals surface area contributed by atoms with Crippen molar-refractivity contribution in [1.82, 2.24) is 19.5 Å². The highest BCUT2D eigenvalue weighted by atomic mass is 16.6. The molecule has 124 valence electrons. The maximum atomic E-state index is 11.8. The van der Waals surface area contributed by atoms with E-state index in [4.69, 9.17) is 9.47 Å². The number of aromatic nitrogens is 4. The van der Waals surface area contributed by atoms with Gasteiger partial charge in [0.2, 0.25) is 0 Å². The number of nitrogens with one attached hydrogen (secondary N) is 1. The number of H-pyrrole nitrogens is 1. The van der Waals surface area contributed by atoms with Crippen LogP contribution >= 0.6 is 0 Å². The highest BCUT2D eigenvalue weighted by Crippen LogP contribution is 2.30. The number of hydrogen-bond donors (Lipinski definition) is 1. The highest BCUT2D eigenvalue weighted by molar-refractivity contribution is 5.75. The monoisotopic (exact) mass is 320 g/mol. The largest absolute Gasteiger partial charge is 0.463 e. The van der Waals surface area contributed by atoms with Crippen LogP contribution in [0, 0.1) is 5.41 Å². The summed E-state index contributed by atoms with van der Waals surface area (Å²) in [7, 11) is 0. The minimum atomic E-state index is -0.524. The molecule has 23 heavy (non-hydrogen) atoms. The van der Waals surface area contributed by atoms with Crippen molar-refractivity contribution in [2.75, 3.05) is 6.61 Å². The Kier molecular flexibility index (Phi) is 3.93. The van der Waals surface area contributed by atoms with Gasteiger partial charge in [-0.25, -0.2) is 9.97 Å². The van der Waals surface area contributed by atoms with Gasteiger partial charge in [-0.1, -0.05) is 0 Å². The second-order valence-electron chi connectivity index (χ2n) is 6.69. The molecule has 8 heteroatoms. The Balaban J connectivity index is 1.67. The Morgan fingerprint density at radius 1 is 1.43 bits per heavy atom. The van der Waals surface area contributed by atoms with E-state index in [2.05, 4.69) is 15.0 Å². The minimum Gasteiger partial charge on any atom is -0.463 e. The Morgan fingerprint density at radius 3 is 2.96 bits per heavy atom. The number of hydrogen-bond acceptors (Lipinski definition) is 6. The standard InChI is InChI=1S/C15H20N4O4/c1-15(2,3)14(21)22-6-9-4-5-10(23-9)19-8-18-11-12(19)16-7-17-13(11)20/h7-10H,4-6H2,1-3H3,(H,16,17,20). The second-order valence-corrected chi connectivity index (χ2v) is 6.69. The molecule has 0 bridgehead atoms. The fourth-order valence-electron chi connectivity index (χ4n) is 2.47. The van der Waals surface area contributed by atoms with E-state index in [0.29, 0.717) is 11.2 Å². The molecule has 1 aliphatic heterocycles. The van der Waals surface area contributed by atoms with Crippen LogP contribution in [0.2, 0.25) is 0 Å². The number of carbonyl (C=O) groups is 1. The van der Waals surface area contributed by atoms with Crippen molar-refractivity contribution in [2.45, 2.75) is 45.9 Å². The molecule has 2 atom stereocenters. The molecule has 0 amide bonds. The molecule has 0 spiro atoms. The predicted octanol–water partition coefficient (Wildman–Crippen LogP) is 1.39. The third-order valence-corrected chi connectivity index (χ3v) is 3.77. The number of ether oxygens (including phenoxy) is 2. The summed E-state index contributed by atoms with van der Waals surface area (Å²) < 4.78 is 13.0. The summed E-state index contributed by atoms with van der Waals surface area (Å²) in [5, 5.41) is 0. The summed E-state index contributed by atoms with van der Waals surface area (Å²) in [6.45, 7) is 5.67. The van der Waals surface area contributed by atoms with Crippen LogP contribution in [-0.4, -0.2) is 38.2 Å².